The van der Waals surface area contributed by atoms with Gasteiger partial charge in [-0.15, -0.1) is 0 Å². The third-order valence-corrected chi connectivity index (χ3v) is 3.42. The zero-order valence-electron chi connectivity index (χ0n) is 9.95. The smallest absolute Gasteiger partial charge is 0.179 e. The van der Waals surface area contributed by atoms with E-state index >= 15 is 0 Å². The predicted molar refractivity (Wildman–Crippen MR) is 75.9 cm³/mol. The molecular formula is C13H9Cl2N3O. The summed E-state index contributed by atoms with van der Waals surface area (Å²) in [5.74, 6) is 1.40. The second kappa shape index (κ2) is 4.72. The minimum Gasteiger partial charge on any atom is -0.496 e. The highest BCUT2D eigenvalue weighted by Crippen LogP contribution is 2.30. The average molecular weight is 294 g/mol. The Bertz CT molecular complexity index is 716. The van der Waals surface area contributed by atoms with Crippen molar-refractivity contribution in [1.82, 2.24) is 15.0 Å². The molecule has 0 spiro atoms. The van der Waals surface area contributed by atoms with Crippen LogP contribution in [0.25, 0.3) is 22.6 Å². The van der Waals surface area contributed by atoms with Gasteiger partial charge < -0.3 is 9.72 Å². The molecule has 4 nitrogen and oxygen atoms in total. The van der Waals surface area contributed by atoms with E-state index in [0.717, 1.165) is 16.8 Å². The van der Waals surface area contributed by atoms with Crippen LogP contribution in [-0.4, -0.2) is 22.1 Å². The van der Waals surface area contributed by atoms with Crippen LogP contribution in [0.5, 0.6) is 5.75 Å². The van der Waals surface area contributed by atoms with Gasteiger partial charge in [-0.3, -0.25) is 0 Å². The number of hydrogen-bond donors (Lipinski definition) is 1. The van der Waals surface area contributed by atoms with Gasteiger partial charge in [0.05, 0.1) is 23.2 Å². The lowest BCUT2D eigenvalue weighted by Gasteiger charge is -2.04. The summed E-state index contributed by atoms with van der Waals surface area (Å²) in [5.41, 5.74) is 2.11. The lowest BCUT2D eigenvalue weighted by atomic mass is 10.2. The number of hydrogen-bond acceptors (Lipinski definition) is 3. The molecule has 6 heteroatoms. The van der Waals surface area contributed by atoms with Gasteiger partial charge in [0.25, 0.3) is 0 Å². The summed E-state index contributed by atoms with van der Waals surface area (Å²) in [6.07, 6.45) is 0. The van der Waals surface area contributed by atoms with E-state index in [1.807, 2.05) is 24.3 Å². The van der Waals surface area contributed by atoms with Crippen LogP contribution < -0.4 is 4.74 Å². The van der Waals surface area contributed by atoms with Gasteiger partial charge in [-0.2, -0.15) is 0 Å². The summed E-state index contributed by atoms with van der Waals surface area (Å²) in [6, 6.07) is 9.31. The lowest BCUT2D eigenvalue weighted by molar-refractivity contribution is 0.416. The maximum atomic E-state index is 5.93. The molecule has 0 aliphatic carbocycles. The first-order valence-corrected chi connectivity index (χ1v) is 6.30. The van der Waals surface area contributed by atoms with Crippen LogP contribution in [0.2, 0.25) is 10.2 Å². The van der Waals surface area contributed by atoms with Crippen LogP contribution in [0.15, 0.2) is 30.3 Å². The van der Waals surface area contributed by atoms with Gasteiger partial charge in [-0.1, -0.05) is 35.3 Å². The highest BCUT2D eigenvalue weighted by Gasteiger charge is 2.12. The molecule has 0 atom stereocenters. The Balaban J connectivity index is 2.20. The molecular weight excluding hydrogens is 285 g/mol. The number of halogens is 2. The average Bonchev–Trinajstić information content (AvgIpc) is 2.82. The van der Waals surface area contributed by atoms with Gasteiger partial charge in [0.1, 0.15) is 16.7 Å². The second-order valence-corrected chi connectivity index (χ2v) is 4.68. The molecule has 0 amide bonds. The third-order valence-electron chi connectivity index (χ3n) is 2.75. The molecule has 3 aromatic rings. The van der Waals surface area contributed by atoms with Gasteiger partial charge in [0.15, 0.2) is 5.65 Å². The second-order valence-electron chi connectivity index (χ2n) is 3.92. The van der Waals surface area contributed by atoms with Gasteiger partial charge in [0, 0.05) is 0 Å². The molecule has 0 bridgehead atoms. The maximum Gasteiger partial charge on any atom is 0.179 e. The molecule has 2 aromatic heterocycles. The van der Waals surface area contributed by atoms with Crippen LogP contribution in [0.3, 0.4) is 0 Å². The van der Waals surface area contributed by atoms with Crippen molar-refractivity contribution >= 4 is 34.4 Å². The first-order valence-electron chi connectivity index (χ1n) is 5.54. The number of nitrogens with zero attached hydrogens (tertiary/aromatic N) is 2. The molecule has 0 saturated heterocycles. The molecule has 1 N–H and O–H groups in total. The van der Waals surface area contributed by atoms with Crippen molar-refractivity contribution in [2.24, 2.45) is 0 Å². The zero-order chi connectivity index (χ0) is 13.4. The summed E-state index contributed by atoms with van der Waals surface area (Å²) in [6.45, 7) is 0. The highest BCUT2D eigenvalue weighted by molar-refractivity contribution is 6.41. The number of H-pyrrole nitrogens is 1. The van der Waals surface area contributed by atoms with E-state index in [-0.39, 0.29) is 5.15 Å². The van der Waals surface area contributed by atoms with Crippen molar-refractivity contribution in [3.05, 3.63) is 40.5 Å². The van der Waals surface area contributed by atoms with Crippen molar-refractivity contribution < 1.29 is 4.74 Å². The Kier molecular flexibility index (Phi) is 3.05. The molecule has 0 saturated carbocycles. The van der Waals surface area contributed by atoms with Crippen molar-refractivity contribution in [1.29, 1.82) is 0 Å². The number of nitrogens with one attached hydrogen (secondary N) is 1. The van der Waals surface area contributed by atoms with E-state index in [1.54, 1.807) is 13.2 Å². The summed E-state index contributed by atoms with van der Waals surface area (Å²) in [7, 11) is 1.62. The summed E-state index contributed by atoms with van der Waals surface area (Å²) < 4.78 is 5.31. The normalized spacial score (nSPS) is 10.9. The minimum absolute atomic E-state index is 0.243. The van der Waals surface area contributed by atoms with E-state index in [1.165, 1.54) is 0 Å². The van der Waals surface area contributed by atoms with Gasteiger partial charge in [0.2, 0.25) is 0 Å². The van der Waals surface area contributed by atoms with E-state index < -0.39 is 0 Å². The topological polar surface area (TPSA) is 50.8 Å². The monoisotopic (exact) mass is 293 g/mol. The zero-order valence-corrected chi connectivity index (χ0v) is 11.5. The summed E-state index contributed by atoms with van der Waals surface area (Å²) in [5, 5.41) is 0.636. The first-order chi connectivity index (χ1) is 9.19. The lowest BCUT2D eigenvalue weighted by Crippen LogP contribution is -1.88. The molecule has 3 rings (SSSR count). The van der Waals surface area contributed by atoms with Crippen molar-refractivity contribution in [3.8, 4) is 17.1 Å². The van der Waals surface area contributed by atoms with Crippen LogP contribution in [-0.2, 0) is 0 Å². The Hall–Kier alpha value is -1.78. The number of aromatic amines is 1. The molecule has 0 aliphatic rings. The fraction of sp³-hybridized carbons (Fsp3) is 0.0769. The Morgan fingerprint density at radius 1 is 1.16 bits per heavy atom. The SMILES string of the molecule is COc1ccccc1-c1nc2nc(Cl)c(Cl)cc2[nH]1. The number of fused-ring (bicyclic) bond motifs is 1. The molecule has 0 aliphatic heterocycles. The number of benzene rings is 1. The van der Waals surface area contributed by atoms with E-state index in [4.69, 9.17) is 27.9 Å². The van der Waals surface area contributed by atoms with Crippen molar-refractivity contribution in [3.63, 3.8) is 0 Å². The van der Waals surface area contributed by atoms with E-state index in [9.17, 15) is 0 Å². The van der Waals surface area contributed by atoms with Crippen molar-refractivity contribution in [2.45, 2.75) is 0 Å². The Labute approximate surface area is 119 Å². The Morgan fingerprint density at radius 3 is 2.74 bits per heavy atom. The number of rotatable bonds is 2. The number of para-hydroxylation sites is 1. The molecule has 1 aromatic carbocycles. The largest absolute Gasteiger partial charge is 0.496 e. The third kappa shape index (κ3) is 2.13. The standard InChI is InChI=1S/C13H9Cl2N3O/c1-19-10-5-3-2-4-7(10)12-16-9-6-8(14)11(15)17-13(9)18-12/h2-6H,1H3,(H,16,17,18). The predicted octanol–water partition coefficient (Wildman–Crippen LogP) is 3.94. The van der Waals surface area contributed by atoms with Crippen LogP contribution in [0.4, 0.5) is 0 Å². The van der Waals surface area contributed by atoms with Crippen LogP contribution in [0, 0.1) is 0 Å². The molecule has 0 fully saturated rings. The number of ether oxygens (including phenoxy) is 1. The fourth-order valence-corrected chi connectivity index (χ4v) is 2.15. The van der Waals surface area contributed by atoms with Crippen LogP contribution >= 0.6 is 23.2 Å². The maximum absolute atomic E-state index is 5.93. The van der Waals surface area contributed by atoms with Gasteiger partial charge >= 0.3 is 0 Å². The number of pyridine rings is 1. The first kappa shape index (κ1) is 12.3. The quantitative estimate of drug-likeness (QED) is 0.728. The summed E-state index contributed by atoms with van der Waals surface area (Å²) >= 11 is 11.8. The minimum atomic E-state index is 0.243. The Morgan fingerprint density at radius 2 is 1.95 bits per heavy atom. The number of aromatic nitrogens is 3. The van der Waals surface area contributed by atoms with E-state index in [2.05, 4.69) is 15.0 Å². The fourth-order valence-electron chi connectivity index (χ4n) is 1.86. The molecule has 19 heavy (non-hydrogen) atoms. The molecule has 0 unspecified atom stereocenters. The van der Waals surface area contributed by atoms with Crippen LogP contribution in [0.1, 0.15) is 0 Å². The molecule has 96 valence electrons. The number of imidazole rings is 1. The van der Waals surface area contributed by atoms with E-state index in [0.29, 0.717) is 16.5 Å². The molecule has 0 radical (unpaired) electrons. The summed E-state index contributed by atoms with van der Waals surface area (Å²) in [4.78, 5) is 11.7. The highest BCUT2D eigenvalue weighted by atomic mass is 35.5. The number of methoxy groups -OCH3 is 1. The van der Waals surface area contributed by atoms with Crippen molar-refractivity contribution in [2.75, 3.05) is 7.11 Å². The van der Waals surface area contributed by atoms with Gasteiger partial charge in [-0.05, 0) is 18.2 Å². The molecule has 2 heterocycles. The van der Waals surface area contributed by atoms with Gasteiger partial charge in [-0.25, -0.2) is 9.97 Å².